The number of benzene rings is 1. The first kappa shape index (κ1) is 11.1. The van der Waals surface area contributed by atoms with Gasteiger partial charge in [0.05, 0.1) is 0 Å². The molecular weight excluding hydrogens is 257 g/mol. The van der Waals surface area contributed by atoms with Crippen LogP contribution in [0, 0.1) is 11.7 Å². The van der Waals surface area contributed by atoms with Crippen LogP contribution >= 0.6 is 15.9 Å². The van der Waals surface area contributed by atoms with E-state index in [1.807, 2.05) is 6.07 Å². The molecule has 2 atom stereocenters. The second-order valence-corrected chi connectivity index (χ2v) is 5.23. The van der Waals surface area contributed by atoms with Crippen LogP contribution in [0.15, 0.2) is 22.7 Å². The maximum Gasteiger partial charge on any atom is 0.124 e. The zero-order valence-electron chi connectivity index (χ0n) is 8.55. The molecule has 1 saturated carbocycles. The summed E-state index contributed by atoms with van der Waals surface area (Å²) in [6, 6.07) is 5.29. The van der Waals surface area contributed by atoms with Crippen molar-refractivity contribution in [2.24, 2.45) is 11.7 Å². The summed E-state index contributed by atoms with van der Waals surface area (Å²) in [7, 11) is 0. The molecule has 2 unspecified atom stereocenters. The minimum Gasteiger partial charge on any atom is -0.328 e. The molecule has 82 valence electrons. The highest BCUT2D eigenvalue weighted by molar-refractivity contribution is 9.10. The normalized spacial score (nSPS) is 25.8. The third-order valence-electron chi connectivity index (χ3n) is 3.11. The fourth-order valence-corrected chi connectivity index (χ4v) is 2.81. The lowest BCUT2D eigenvalue weighted by atomic mass is 9.98. The summed E-state index contributed by atoms with van der Waals surface area (Å²) in [5.41, 5.74) is 7.06. The summed E-state index contributed by atoms with van der Waals surface area (Å²) in [5.74, 6) is 0.482. The van der Waals surface area contributed by atoms with E-state index in [1.165, 1.54) is 24.1 Å². The molecule has 1 fully saturated rings. The van der Waals surface area contributed by atoms with Gasteiger partial charge in [0.15, 0.2) is 0 Å². The van der Waals surface area contributed by atoms with Crippen molar-refractivity contribution in [2.45, 2.75) is 31.7 Å². The molecule has 0 saturated heterocycles. The Morgan fingerprint density at radius 2 is 2.20 bits per heavy atom. The molecule has 1 nitrogen and oxygen atoms in total. The predicted octanol–water partition coefficient (Wildman–Crippen LogP) is 3.26. The molecular formula is C12H15BrFN. The Bertz CT molecular complexity index is 353. The van der Waals surface area contributed by atoms with E-state index in [4.69, 9.17) is 5.73 Å². The smallest absolute Gasteiger partial charge is 0.124 e. The molecule has 2 N–H and O–H groups in total. The fraction of sp³-hybridized carbons (Fsp3) is 0.500. The van der Waals surface area contributed by atoms with Crippen molar-refractivity contribution < 1.29 is 4.39 Å². The third kappa shape index (κ3) is 2.79. The molecule has 15 heavy (non-hydrogen) atoms. The highest BCUT2D eigenvalue weighted by atomic mass is 79.9. The first-order chi connectivity index (χ1) is 7.15. The summed E-state index contributed by atoms with van der Waals surface area (Å²) in [4.78, 5) is 0. The van der Waals surface area contributed by atoms with Crippen LogP contribution in [0.4, 0.5) is 4.39 Å². The minimum absolute atomic E-state index is 0.186. The van der Waals surface area contributed by atoms with Crippen LogP contribution < -0.4 is 5.73 Å². The topological polar surface area (TPSA) is 26.0 Å². The Kier molecular flexibility index (Phi) is 3.42. The van der Waals surface area contributed by atoms with Gasteiger partial charge in [-0.05, 0) is 49.3 Å². The lowest BCUT2D eigenvalue weighted by molar-refractivity contribution is 0.533. The Balaban J connectivity index is 2.04. The number of nitrogens with two attached hydrogens (primary N) is 1. The molecule has 0 spiro atoms. The average molecular weight is 272 g/mol. The zero-order valence-corrected chi connectivity index (χ0v) is 10.1. The Morgan fingerprint density at radius 3 is 2.80 bits per heavy atom. The van der Waals surface area contributed by atoms with Gasteiger partial charge in [0, 0.05) is 10.5 Å². The van der Waals surface area contributed by atoms with Crippen molar-refractivity contribution in [1.82, 2.24) is 0 Å². The van der Waals surface area contributed by atoms with Gasteiger partial charge >= 0.3 is 0 Å². The van der Waals surface area contributed by atoms with Crippen LogP contribution in [-0.2, 0) is 6.42 Å². The first-order valence-electron chi connectivity index (χ1n) is 5.34. The summed E-state index contributed by atoms with van der Waals surface area (Å²) < 4.78 is 13.8. The maximum absolute atomic E-state index is 12.9. The van der Waals surface area contributed by atoms with Crippen molar-refractivity contribution in [3.8, 4) is 0 Å². The van der Waals surface area contributed by atoms with Crippen LogP contribution in [0.25, 0.3) is 0 Å². The van der Waals surface area contributed by atoms with E-state index < -0.39 is 0 Å². The Labute approximate surface area is 98.0 Å². The molecule has 0 bridgehead atoms. The number of rotatable bonds is 2. The third-order valence-corrected chi connectivity index (χ3v) is 3.84. The van der Waals surface area contributed by atoms with E-state index in [1.54, 1.807) is 0 Å². The first-order valence-corrected chi connectivity index (χ1v) is 6.14. The van der Waals surface area contributed by atoms with E-state index >= 15 is 0 Å². The van der Waals surface area contributed by atoms with Crippen LogP contribution in [0.3, 0.4) is 0 Å². The van der Waals surface area contributed by atoms with Crippen molar-refractivity contribution in [1.29, 1.82) is 0 Å². The quantitative estimate of drug-likeness (QED) is 0.878. The second kappa shape index (κ2) is 4.62. The van der Waals surface area contributed by atoms with Crippen molar-refractivity contribution in [3.05, 3.63) is 34.1 Å². The Morgan fingerprint density at radius 1 is 1.40 bits per heavy atom. The SMILES string of the molecule is NC1CCC(Cc2ccc(F)cc2Br)C1. The minimum atomic E-state index is -0.186. The zero-order chi connectivity index (χ0) is 10.8. The summed E-state index contributed by atoms with van der Waals surface area (Å²) in [6.45, 7) is 0. The summed E-state index contributed by atoms with van der Waals surface area (Å²) >= 11 is 3.40. The lowest BCUT2D eigenvalue weighted by Gasteiger charge is -2.11. The summed E-state index contributed by atoms with van der Waals surface area (Å²) in [6.07, 6.45) is 4.44. The molecule has 1 aromatic carbocycles. The van der Waals surface area contributed by atoms with Gasteiger partial charge in [-0.25, -0.2) is 4.39 Å². The van der Waals surface area contributed by atoms with Crippen molar-refractivity contribution in [3.63, 3.8) is 0 Å². The van der Waals surface area contributed by atoms with E-state index in [9.17, 15) is 4.39 Å². The molecule has 0 heterocycles. The lowest BCUT2D eigenvalue weighted by Crippen LogP contribution is -2.15. The van der Waals surface area contributed by atoms with Gasteiger partial charge in [-0.3, -0.25) is 0 Å². The molecule has 1 aliphatic rings. The molecule has 1 aliphatic carbocycles. The standard InChI is InChI=1S/C12H15BrFN/c13-12-7-10(14)3-2-9(12)5-8-1-4-11(15)6-8/h2-3,7-8,11H,1,4-6,15H2. The molecule has 0 aliphatic heterocycles. The van der Waals surface area contributed by atoms with Crippen LogP contribution in [0.1, 0.15) is 24.8 Å². The number of halogens is 2. The van der Waals surface area contributed by atoms with Gasteiger partial charge in [-0.2, -0.15) is 0 Å². The molecule has 0 amide bonds. The van der Waals surface area contributed by atoms with Crippen LogP contribution in [0.5, 0.6) is 0 Å². The monoisotopic (exact) mass is 271 g/mol. The van der Waals surface area contributed by atoms with Crippen LogP contribution in [0.2, 0.25) is 0 Å². The Hall–Kier alpha value is -0.410. The molecule has 0 aromatic heterocycles. The van der Waals surface area contributed by atoms with Gasteiger partial charge in [0.25, 0.3) is 0 Å². The van der Waals surface area contributed by atoms with E-state index in [-0.39, 0.29) is 5.82 Å². The van der Waals surface area contributed by atoms with E-state index in [0.717, 1.165) is 23.7 Å². The van der Waals surface area contributed by atoms with Gasteiger partial charge in [-0.15, -0.1) is 0 Å². The highest BCUT2D eigenvalue weighted by Crippen LogP contribution is 2.30. The molecule has 0 radical (unpaired) electrons. The predicted molar refractivity (Wildman–Crippen MR) is 63.1 cm³/mol. The fourth-order valence-electron chi connectivity index (χ4n) is 2.30. The largest absolute Gasteiger partial charge is 0.328 e. The van der Waals surface area contributed by atoms with E-state index in [0.29, 0.717) is 12.0 Å². The van der Waals surface area contributed by atoms with E-state index in [2.05, 4.69) is 15.9 Å². The number of hydrogen-bond donors (Lipinski definition) is 1. The second-order valence-electron chi connectivity index (χ2n) is 4.38. The number of hydrogen-bond acceptors (Lipinski definition) is 1. The van der Waals surface area contributed by atoms with Crippen molar-refractivity contribution in [2.75, 3.05) is 0 Å². The van der Waals surface area contributed by atoms with Gasteiger partial charge in [0.2, 0.25) is 0 Å². The van der Waals surface area contributed by atoms with Gasteiger partial charge in [-0.1, -0.05) is 22.0 Å². The molecule has 3 heteroatoms. The average Bonchev–Trinajstić information content (AvgIpc) is 2.56. The highest BCUT2D eigenvalue weighted by Gasteiger charge is 2.22. The molecule has 2 rings (SSSR count). The summed E-state index contributed by atoms with van der Waals surface area (Å²) in [5, 5.41) is 0. The van der Waals surface area contributed by atoms with Gasteiger partial charge in [0.1, 0.15) is 5.82 Å². The van der Waals surface area contributed by atoms with Crippen molar-refractivity contribution >= 4 is 15.9 Å². The van der Waals surface area contributed by atoms with Gasteiger partial charge < -0.3 is 5.73 Å². The molecule has 1 aromatic rings. The van der Waals surface area contributed by atoms with Crippen LogP contribution in [-0.4, -0.2) is 6.04 Å². The maximum atomic E-state index is 12.9.